The number of carbonyl (C=O) groups excluding carboxylic acids is 1. The smallest absolute Gasteiger partial charge is 0.306 e. The number of carbonyl (C=O) groups is 1. The zero-order chi connectivity index (χ0) is 9.97. The van der Waals surface area contributed by atoms with Gasteiger partial charge in [0.2, 0.25) is 0 Å². The Bertz CT molecular complexity index is 323. The quantitative estimate of drug-likeness (QED) is 0.526. The third kappa shape index (κ3) is 1.90. The van der Waals surface area contributed by atoms with Crippen molar-refractivity contribution in [3.05, 3.63) is 35.9 Å². The lowest BCUT2D eigenvalue weighted by molar-refractivity contribution is -0.153. The molecule has 1 aliphatic rings. The molecule has 2 atom stereocenters. The SMILES string of the molecule is O=C1CC[C@@H](Cl)[C@H](c2ccccc2)O1. The molecule has 1 aromatic rings. The zero-order valence-corrected chi connectivity index (χ0v) is 8.41. The molecule has 0 aliphatic carbocycles. The summed E-state index contributed by atoms with van der Waals surface area (Å²) in [6, 6.07) is 9.62. The summed E-state index contributed by atoms with van der Waals surface area (Å²) in [7, 11) is 0. The van der Waals surface area contributed by atoms with Gasteiger partial charge in [-0.1, -0.05) is 30.3 Å². The van der Waals surface area contributed by atoms with Gasteiger partial charge in [0.05, 0.1) is 5.38 Å². The molecule has 3 heteroatoms. The molecule has 0 amide bonds. The summed E-state index contributed by atoms with van der Waals surface area (Å²) in [6.45, 7) is 0. The van der Waals surface area contributed by atoms with Crippen molar-refractivity contribution in [2.24, 2.45) is 0 Å². The number of hydrogen-bond acceptors (Lipinski definition) is 2. The van der Waals surface area contributed by atoms with Crippen LogP contribution in [0.25, 0.3) is 0 Å². The third-order valence-corrected chi connectivity index (χ3v) is 2.79. The van der Waals surface area contributed by atoms with Crippen molar-refractivity contribution in [1.82, 2.24) is 0 Å². The minimum Gasteiger partial charge on any atom is -0.456 e. The summed E-state index contributed by atoms with van der Waals surface area (Å²) >= 11 is 6.11. The van der Waals surface area contributed by atoms with Gasteiger partial charge in [0, 0.05) is 6.42 Å². The maximum atomic E-state index is 11.1. The number of hydrogen-bond donors (Lipinski definition) is 0. The number of esters is 1. The zero-order valence-electron chi connectivity index (χ0n) is 7.65. The second-order valence-corrected chi connectivity index (χ2v) is 3.94. The first-order valence-electron chi connectivity index (χ1n) is 4.66. The van der Waals surface area contributed by atoms with E-state index >= 15 is 0 Å². The average molecular weight is 211 g/mol. The van der Waals surface area contributed by atoms with Crippen molar-refractivity contribution >= 4 is 17.6 Å². The maximum absolute atomic E-state index is 11.1. The molecule has 0 N–H and O–H groups in total. The van der Waals surface area contributed by atoms with Gasteiger partial charge in [-0.2, -0.15) is 0 Å². The lowest BCUT2D eigenvalue weighted by Gasteiger charge is -2.27. The first-order valence-corrected chi connectivity index (χ1v) is 5.09. The molecule has 0 radical (unpaired) electrons. The van der Waals surface area contributed by atoms with Gasteiger partial charge in [-0.25, -0.2) is 0 Å². The van der Waals surface area contributed by atoms with Crippen molar-refractivity contribution in [2.75, 3.05) is 0 Å². The van der Waals surface area contributed by atoms with Crippen LogP contribution in [-0.2, 0) is 9.53 Å². The van der Waals surface area contributed by atoms with Crippen molar-refractivity contribution in [3.63, 3.8) is 0 Å². The fraction of sp³-hybridized carbons (Fsp3) is 0.364. The van der Waals surface area contributed by atoms with Gasteiger partial charge in [0.25, 0.3) is 0 Å². The predicted molar refractivity (Wildman–Crippen MR) is 54.2 cm³/mol. The van der Waals surface area contributed by atoms with Gasteiger partial charge in [-0.15, -0.1) is 11.6 Å². The highest BCUT2D eigenvalue weighted by molar-refractivity contribution is 6.21. The Morgan fingerprint density at radius 1 is 1.29 bits per heavy atom. The molecule has 2 nitrogen and oxygen atoms in total. The van der Waals surface area contributed by atoms with Crippen molar-refractivity contribution in [2.45, 2.75) is 24.3 Å². The Balaban J connectivity index is 2.20. The van der Waals surface area contributed by atoms with Crippen LogP contribution in [0.5, 0.6) is 0 Å². The summed E-state index contributed by atoms with van der Waals surface area (Å²) in [5.74, 6) is -0.157. The first-order chi connectivity index (χ1) is 6.77. The molecular weight excluding hydrogens is 200 g/mol. The van der Waals surface area contributed by atoms with Gasteiger partial charge in [-0.05, 0) is 12.0 Å². The standard InChI is InChI=1S/C11H11ClO2/c12-9-6-7-10(13)14-11(9)8-4-2-1-3-5-8/h1-5,9,11H,6-7H2/t9-,11+/m1/s1. The monoisotopic (exact) mass is 210 g/mol. The normalized spacial score (nSPS) is 27.1. The second kappa shape index (κ2) is 4.01. The fourth-order valence-corrected chi connectivity index (χ4v) is 1.91. The van der Waals surface area contributed by atoms with Crippen molar-refractivity contribution < 1.29 is 9.53 Å². The summed E-state index contributed by atoms with van der Waals surface area (Å²) in [5, 5.41) is -0.102. The van der Waals surface area contributed by atoms with Crippen LogP contribution in [0.4, 0.5) is 0 Å². The predicted octanol–water partition coefficient (Wildman–Crippen LogP) is 2.67. The Labute approximate surface area is 87.8 Å². The van der Waals surface area contributed by atoms with Gasteiger partial charge in [0.1, 0.15) is 6.10 Å². The van der Waals surface area contributed by atoms with E-state index < -0.39 is 0 Å². The third-order valence-electron chi connectivity index (χ3n) is 2.34. The number of rotatable bonds is 1. The van der Waals surface area contributed by atoms with Crippen LogP contribution in [0.3, 0.4) is 0 Å². The molecule has 1 heterocycles. The number of cyclic esters (lactones) is 1. The molecule has 0 spiro atoms. The van der Waals surface area contributed by atoms with Gasteiger partial charge in [-0.3, -0.25) is 4.79 Å². The Kier molecular flexibility index (Phi) is 2.73. The summed E-state index contributed by atoms with van der Waals surface area (Å²) in [6.07, 6.45) is 0.844. The molecule has 1 saturated heterocycles. The van der Waals surface area contributed by atoms with E-state index in [4.69, 9.17) is 16.3 Å². The Morgan fingerprint density at radius 2 is 2.00 bits per heavy atom. The van der Waals surface area contributed by atoms with Crippen molar-refractivity contribution in [3.8, 4) is 0 Å². The number of ether oxygens (including phenoxy) is 1. The minimum absolute atomic E-state index is 0.102. The molecule has 1 aliphatic heterocycles. The highest BCUT2D eigenvalue weighted by Gasteiger charge is 2.30. The van der Waals surface area contributed by atoms with Crippen molar-refractivity contribution in [1.29, 1.82) is 0 Å². The molecule has 2 rings (SSSR count). The fourth-order valence-electron chi connectivity index (χ4n) is 1.60. The van der Waals surface area contributed by atoms with Crippen LogP contribution in [-0.4, -0.2) is 11.3 Å². The molecule has 0 unspecified atom stereocenters. The molecule has 0 saturated carbocycles. The molecular formula is C11H11ClO2. The first kappa shape index (κ1) is 9.53. The van der Waals surface area contributed by atoms with Gasteiger partial charge >= 0.3 is 5.97 Å². The minimum atomic E-state index is -0.279. The van der Waals surface area contributed by atoms with E-state index in [1.165, 1.54) is 0 Å². The Morgan fingerprint density at radius 3 is 2.71 bits per heavy atom. The lowest BCUT2D eigenvalue weighted by atomic mass is 10.0. The topological polar surface area (TPSA) is 26.3 Å². The lowest BCUT2D eigenvalue weighted by Crippen LogP contribution is -2.26. The Hall–Kier alpha value is -1.02. The molecule has 1 aromatic carbocycles. The molecule has 0 bridgehead atoms. The van der Waals surface area contributed by atoms with Gasteiger partial charge < -0.3 is 4.74 Å². The van der Waals surface area contributed by atoms with Crippen LogP contribution >= 0.6 is 11.6 Å². The molecule has 1 fully saturated rings. The van der Waals surface area contributed by atoms with E-state index in [0.717, 1.165) is 5.56 Å². The van der Waals surface area contributed by atoms with Crippen LogP contribution in [0, 0.1) is 0 Å². The van der Waals surface area contributed by atoms with E-state index in [1.807, 2.05) is 30.3 Å². The van der Waals surface area contributed by atoms with Crippen LogP contribution in [0.15, 0.2) is 30.3 Å². The number of halogens is 1. The number of benzene rings is 1. The van der Waals surface area contributed by atoms with Crippen LogP contribution in [0.2, 0.25) is 0 Å². The second-order valence-electron chi connectivity index (χ2n) is 3.38. The largest absolute Gasteiger partial charge is 0.456 e. The van der Waals surface area contributed by atoms with E-state index in [1.54, 1.807) is 0 Å². The highest BCUT2D eigenvalue weighted by atomic mass is 35.5. The summed E-state index contributed by atoms with van der Waals surface area (Å²) < 4.78 is 5.21. The molecule has 14 heavy (non-hydrogen) atoms. The highest BCUT2D eigenvalue weighted by Crippen LogP contribution is 2.32. The van der Waals surface area contributed by atoms with Gasteiger partial charge in [0.15, 0.2) is 0 Å². The number of alkyl halides is 1. The maximum Gasteiger partial charge on any atom is 0.306 e. The van der Waals surface area contributed by atoms with E-state index in [9.17, 15) is 4.79 Å². The van der Waals surface area contributed by atoms with E-state index in [-0.39, 0.29) is 17.5 Å². The van der Waals surface area contributed by atoms with E-state index in [2.05, 4.69) is 0 Å². The van der Waals surface area contributed by atoms with Crippen LogP contribution in [0.1, 0.15) is 24.5 Å². The molecule has 0 aromatic heterocycles. The van der Waals surface area contributed by atoms with E-state index in [0.29, 0.717) is 12.8 Å². The molecule has 74 valence electrons. The summed E-state index contributed by atoms with van der Waals surface area (Å²) in [4.78, 5) is 11.1. The van der Waals surface area contributed by atoms with Crippen LogP contribution < -0.4 is 0 Å². The summed E-state index contributed by atoms with van der Waals surface area (Å²) in [5.41, 5.74) is 0.973. The average Bonchev–Trinajstić information content (AvgIpc) is 2.23.